The van der Waals surface area contributed by atoms with Gasteiger partial charge in [-0.1, -0.05) is 12.1 Å². The zero-order chi connectivity index (χ0) is 17.9. The summed E-state index contributed by atoms with van der Waals surface area (Å²) < 4.78 is 11.7. The highest BCUT2D eigenvalue weighted by molar-refractivity contribution is 7.09. The monoisotopic (exact) mass is 369 g/mol. The molecule has 3 heterocycles. The number of likely N-dealkylation sites (tertiary alicyclic amines) is 1. The lowest BCUT2D eigenvalue weighted by atomic mass is 10.2. The predicted molar refractivity (Wildman–Crippen MR) is 102 cm³/mol. The van der Waals surface area contributed by atoms with Crippen LogP contribution in [0.3, 0.4) is 0 Å². The van der Waals surface area contributed by atoms with E-state index in [-0.39, 0.29) is 0 Å². The number of oxazole rings is 1. The van der Waals surface area contributed by atoms with Crippen molar-refractivity contribution in [2.45, 2.75) is 39.3 Å². The van der Waals surface area contributed by atoms with Crippen molar-refractivity contribution in [1.82, 2.24) is 14.9 Å². The van der Waals surface area contributed by atoms with Crippen LogP contribution in [0.15, 0.2) is 40.3 Å². The van der Waals surface area contributed by atoms with E-state index in [1.807, 2.05) is 44.3 Å². The molecule has 5 nitrogen and oxygen atoms in total. The summed E-state index contributed by atoms with van der Waals surface area (Å²) >= 11 is 1.74. The Morgan fingerprint density at radius 2 is 2.23 bits per heavy atom. The van der Waals surface area contributed by atoms with Crippen LogP contribution >= 0.6 is 11.3 Å². The van der Waals surface area contributed by atoms with Gasteiger partial charge in [-0.15, -0.1) is 11.3 Å². The lowest BCUT2D eigenvalue weighted by Gasteiger charge is -2.21. The van der Waals surface area contributed by atoms with Crippen molar-refractivity contribution in [3.8, 4) is 17.2 Å². The van der Waals surface area contributed by atoms with Gasteiger partial charge in [0.05, 0.1) is 23.9 Å². The van der Waals surface area contributed by atoms with Crippen LogP contribution in [0, 0.1) is 6.92 Å². The van der Waals surface area contributed by atoms with Gasteiger partial charge in [-0.2, -0.15) is 0 Å². The Morgan fingerprint density at radius 3 is 3.04 bits per heavy atom. The third-order valence-corrected chi connectivity index (χ3v) is 5.64. The molecule has 1 saturated heterocycles. The molecule has 0 saturated carbocycles. The van der Waals surface area contributed by atoms with Gasteiger partial charge >= 0.3 is 0 Å². The van der Waals surface area contributed by atoms with Gasteiger partial charge in [-0.05, 0) is 45.4 Å². The molecular formula is C20H23N3O2S. The summed E-state index contributed by atoms with van der Waals surface area (Å²) in [7, 11) is 0. The average Bonchev–Trinajstić information content (AvgIpc) is 3.38. The molecule has 1 fully saturated rings. The maximum Gasteiger partial charge on any atom is 0.230 e. The van der Waals surface area contributed by atoms with E-state index in [0.717, 1.165) is 42.3 Å². The second-order valence-corrected chi connectivity index (χ2v) is 7.38. The first kappa shape index (κ1) is 17.2. The molecule has 3 aromatic rings. The molecule has 1 aromatic carbocycles. The summed E-state index contributed by atoms with van der Waals surface area (Å²) in [5, 5.41) is 3.25. The van der Waals surface area contributed by atoms with Crippen molar-refractivity contribution in [1.29, 1.82) is 0 Å². The van der Waals surface area contributed by atoms with Gasteiger partial charge in [-0.25, -0.2) is 9.97 Å². The molecule has 0 amide bonds. The minimum atomic E-state index is 0.394. The van der Waals surface area contributed by atoms with Crippen molar-refractivity contribution in [3.63, 3.8) is 0 Å². The second-order valence-electron chi connectivity index (χ2n) is 6.45. The first-order valence-electron chi connectivity index (χ1n) is 9.08. The van der Waals surface area contributed by atoms with E-state index in [1.54, 1.807) is 11.3 Å². The number of aryl methyl sites for hydroxylation is 1. The number of ether oxygens (including phenoxy) is 1. The molecular weight excluding hydrogens is 346 g/mol. The Labute approximate surface area is 157 Å². The second kappa shape index (κ2) is 7.60. The number of rotatable bonds is 6. The number of benzene rings is 1. The Morgan fingerprint density at radius 1 is 1.35 bits per heavy atom. The summed E-state index contributed by atoms with van der Waals surface area (Å²) in [6.45, 7) is 6.45. The Kier molecular flexibility index (Phi) is 5.04. The van der Waals surface area contributed by atoms with Gasteiger partial charge in [-0.3, -0.25) is 4.90 Å². The highest BCUT2D eigenvalue weighted by Crippen LogP contribution is 2.36. The van der Waals surface area contributed by atoms with Crippen LogP contribution in [0.25, 0.3) is 11.5 Å². The van der Waals surface area contributed by atoms with Gasteiger partial charge < -0.3 is 9.15 Å². The molecule has 0 N–H and O–H groups in total. The Balaban J connectivity index is 1.58. The van der Waals surface area contributed by atoms with Gasteiger partial charge in [0.15, 0.2) is 0 Å². The molecule has 0 aliphatic carbocycles. The third-order valence-electron chi connectivity index (χ3n) is 4.76. The third kappa shape index (κ3) is 3.39. The van der Waals surface area contributed by atoms with Gasteiger partial charge in [0.1, 0.15) is 16.5 Å². The number of thiazole rings is 1. The van der Waals surface area contributed by atoms with Gasteiger partial charge in [0.25, 0.3) is 0 Å². The normalized spacial score (nSPS) is 17.7. The van der Waals surface area contributed by atoms with Crippen LogP contribution in [0.5, 0.6) is 5.75 Å². The molecule has 26 heavy (non-hydrogen) atoms. The quantitative estimate of drug-likeness (QED) is 0.622. The molecule has 4 rings (SSSR count). The van der Waals surface area contributed by atoms with E-state index in [1.165, 1.54) is 11.4 Å². The smallest absolute Gasteiger partial charge is 0.230 e. The molecule has 1 atom stereocenters. The molecule has 0 spiro atoms. The van der Waals surface area contributed by atoms with Gasteiger partial charge in [0, 0.05) is 18.1 Å². The highest BCUT2D eigenvalue weighted by Gasteiger charge is 2.29. The molecule has 0 unspecified atom stereocenters. The van der Waals surface area contributed by atoms with E-state index in [4.69, 9.17) is 14.1 Å². The van der Waals surface area contributed by atoms with Crippen LogP contribution in [-0.2, 0) is 6.54 Å². The van der Waals surface area contributed by atoms with Crippen molar-refractivity contribution < 1.29 is 9.15 Å². The average molecular weight is 369 g/mol. The van der Waals surface area contributed by atoms with Crippen molar-refractivity contribution in [2.75, 3.05) is 13.2 Å². The van der Waals surface area contributed by atoms with Crippen molar-refractivity contribution in [3.05, 3.63) is 52.3 Å². The van der Waals surface area contributed by atoms with E-state index < -0.39 is 0 Å². The minimum Gasteiger partial charge on any atom is -0.493 e. The standard InChI is InChI=1S/C20H23N3O2S/c1-3-24-18-9-5-4-7-15(18)19-22-16(14(2)25-19)13-23-11-6-8-17(23)20-21-10-12-26-20/h4-5,7,9-10,12,17H,3,6,8,11,13H2,1-2H3/t17-/m1/s1. The van der Waals surface area contributed by atoms with E-state index >= 15 is 0 Å². The fraction of sp³-hybridized carbons (Fsp3) is 0.400. The summed E-state index contributed by atoms with van der Waals surface area (Å²) in [5.41, 5.74) is 1.90. The zero-order valence-corrected chi connectivity index (χ0v) is 16.0. The van der Waals surface area contributed by atoms with Crippen LogP contribution in [-0.4, -0.2) is 28.0 Å². The largest absolute Gasteiger partial charge is 0.493 e. The minimum absolute atomic E-state index is 0.394. The fourth-order valence-corrected chi connectivity index (χ4v) is 4.31. The molecule has 136 valence electrons. The molecule has 6 heteroatoms. The molecule has 0 radical (unpaired) electrons. The predicted octanol–water partition coefficient (Wildman–Crippen LogP) is 4.84. The Hall–Kier alpha value is -2.18. The summed E-state index contributed by atoms with van der Waals surface area (Å²) in [5.74, 6) is 2.31. The van der Waals surface area contributed by atoms with E-state index in [9.17, 15) is 0 Å². The number of hydrogen-bond donors (Lipinski definition) is 0. The number of aromatic nitrogens is 2. The zero-order valence-electron chi connectivity index (χ0n) is 15.1. The Bertz CT molecular complexity index is 860. The molecule has 0 bridgehead atoms. The maximum absolute atomic E-state index is 5.99. The summed E-state index contributed by atoms with van der Waals surface area (Å²) in [6, 6.07) is 8.29. The van der Waals surface area contributed by atoms with Crippen LogP contribution in [0.2, 0.25) is 0 Å². The fourth-order valence-electron chi connectivity index (χ4n) is 3.50. The number of para-hydroxylation sites is 1. The van der Waals surface area contributed by atoms with Gasteiger partial charge in [0.2, 0.25) is 5.89 Å². The summed E-state index contributed by atoms with van der Waals surface area (Å²) in [6.07, 6.45) is 4.24. The molecule has 1 aliphatic heterocycles. The maximum atomic E-state index is 5.99. The first-order chi connectivity index (χ1) is 12.8. The summed E-state index contributed by atoms with van der Waals surface area (Å²) in [4.78, 5) is 11.8. The SMILES string of the molecule is CCOc1ccccc1-c1nc(CN2CCC[C@@H]2c2nccs2)c(C)o1. The van der Waals surface area contributed by atoms with Crippen LogP contribution in [0.4, 0.5) is 0 Å². The lowest BCUT2D eigenvalue weighted by Crippen LogP contribution is -2.23. The van der Waals surface area contributed by atoms with E-state index in [0.29, 0.717) is 18.5 Å². The van der Waals surface area contributed by atoms with Crippen molar-refractivity contribution >= 4 is 11.3 Å². The highest BCUT2D eigenvalue weighted by atomic mass is 32.1. The number of nitrogens with zero attached hydrogens (tertiary/aromatic N) is 3. The molecule has 2 aromatic heterocycles. The first-order valence-corrected chi connectivity index (χ1v) is 9.96. The van der Waals surface area contributed by atoms with E-state index in [2.05, 4.69) is 15.3 Å². The molecule has 1 aliphatic rings. The topological polar surface area (TPSA) is 51.4 Å². The van der Waals surface area contributed by atoms with Crippen molar-refractivity contribution in [2.24, 2.45) is 0 Å². The van der Waals surface area contributed by atoms with Crippen LogP contribution < -0.4 is 4.74 Å². The van der Waals surface area contributed by atoms with Crippen LogP contribution in [0.1, 0.15) is 42.3 Å². The number of hydrogen-bond acceptors (Lipinski definition) is 6. The lowest BCUT2D eigenvalue weighted by molar-refractivity contribution is 0.244.